The van der Waals surface area contributed by atoms with E-state index in [0.717, 1.165) is 21.2 Å². The van der Waals surface area contributed by atoms with E-state index >= 15 is 0 Å². The third-order valence-electron chi connectivity index (χ3n) is 3.50. The Morgan fingerprint density at radius 2 is 1.67 bits per heavy atom. The molecule has 0 saturated heterocycles. The van der Waals surface area contributed by atoms with Crippen LogP contribution in [0.3, 0.4) is 0 Å². The van der Waals surface area contributed by atoms with Crippen LogP contribution in [0.1, 0.15) is 24.3 Å². The van der Waals surface area contributed by atoms with Crippen LogP contribution in [-0.4, -0.2) is 0 Å². The molecule has 3 rings (SSSR count). The molecule has 91 valence electrons. The molecular formula is C16H13Cl2. The molecule has 1 fully saturated rings. The smallest absolute Gasteiger partial charge is 0.0484 e. The fourth-order valence-electron chi connectivity index (χ4n) is 2.26. The van der Waals surface area contributed by atoms with E-state index < -0.39 is 0 Å². The number of halogens is 2. The quantitative estimate of drug-likeness (QED) is 0.655. The zero-order valence-corrected chi connectivity index (χ0v) is 11.4. The van der Waals surface area contributed by atoms with Crippen molar-refractivity contribution in [2.24, 2.45) is 0 Å². The van der Waals surface area contributed by atoms with Crippen molar-refractivity contribution in [1.82, 2.24) is 0 Å². The average molecular weight is 276 g/mol. The summed E-state index contributed by atoms with van der Waals surface area (Å²) in [5.41, 5.74) is 3.56. The lowest BCUT2D eigenvalue weighted by Crippen LogP contribution is -2.09. The maximum Gasteiger partial charge on any atom is 0.0484 e. The lowest BCUT2D eigenvalue weighted by Gasteiger charge is -2.26. The molecule has 1 saturated carbocycles. The molecule has 2 aromatic carbocycles. The molecule has 1 radical (unpaired) electrons. The molecule has 0 bridgehead atoms. The van der Waals surface area contributed by atoms with Crippen molar-refractivity contribution in [3.63, 3.8) is 0 Å². The predicted octanol–water partition coefficient (Wildman–Crippen LogP) is 5.74. The first kappa shape index (κ1) is 12.1. The topological polar surface area (TPSA) is 0 Å². The SMILES string of the molecule is Clc1ccc(-c2cc(C3[CH]CC3)ccc2Cl)cc1. The lowest BCUT2D eigenvalue weighted by molar-refractivity contribution is 0.554. The first-order valence-corrected chi connectivity index (χ1v) is 6.88. The fraction of sp³-hybridized carbons (Fsp3) is 0.188. The summed E-state index contributed by atoms with van der Waals surface area (Å²) < 4.78 is 0. The van der Waals surface area contributed by atoms with E-state index in [9.17, 15) is 0 Å². The van der Waals surface area contributed by atoms with Crippen molar-refractivity contribution in [2.45, 2.75) is 18.8 Å². The van der Waals surface area contributed by atoms with Gasteiger partial charge in [-0.15, -0.1) is 0 Å². The normalized spacial score (nSPS) is 15.4. The Labute approximate surface area is 118 Å². The molecule has 1 unspecified atom stereocenters. The second kappa shape index (κ2) is 4.95. The summed E-state index contributed by atoms with van der Waals surface area (Å²) in [6.45, 7) is 0. The Balaban J connectivity index is 2.01. The van der Waals surface area contributed by atoms with E-state index in [-0.39, 0.29) is 0 Å². The van der Waals surface area contributed by atoms with Crippen LogP contribution in [0.25, 0.3) is 11.1 Å². The molecule has 2 aromatic rings. The van der Waals surface area contributed by atoms with Crippen molar-refractivity contribution in [1.29, 1.82) is 0 Å². The molecule has 1 aliphatic rings. The molecule has 2 heteroatoms. The zero-order chi connectivity index (χ0) is 12.5. The van der Waals surface area contributed by atoms with Gasteiger partial charge in [0.25, 0.3) is 0 Å². The summed E-state index contributed by atoms with van der Waals surface area (Å²) in [6, 6.07) is 14.1. The van der Waals surface area contributed by atoms with Crippen LogP contribution in [0.4, 0.5) is 0 Å². The molecule has 0 spiro atoms. The minimum absolute atomic E-state index is 0.605. The highest BCUT2D eigenvalue weighted by molar-refractivity contribution is 6.33. The van der Waals surface area contributed by atoms with Crippen molar-refractivity contribution in [3.05, 3.63) is 64.5 Å². The summed E-state index contributed by atoms with van der Waals surface area (Å²) in [5.74, 6) is 0.605. The molecule has 0 N–H and O–H groups in total. The van der Waals surface area contributed by atoms with Crippen LogP contribution in [0.2, 0.25) is 10.0 Å². The first-order valence-electron chi connectivity index (χ1n) is 6.13. The van der Waals surface area contributed by atoms with Crippen LogP contribution in [0.15, 0.2) is 42.5 Å². The number of rotatable bonds is 2. The van der Waals surface area contributed by atoms with Crippen molar-refractivity contribution in [2.75, 3.05) is 0 Å². The molecular weight excluding hydrogens is 263 g/mol. The Morgan fingerprint density at radius 3 is 2.28 bits per heavy atom. The van der Waals surface area contributed by atoms with Crippen LogP contribution in [0.5, 0.6) is 0 Å². The van der Waals surface area contributed by atoms with Crippen LogP contribution >= 0.6 is 23.2 Å². The molecule has 0 nitrogen and oxygen atoms in total. The molecule has 0 amide bonds. The van der Waals surface area contributed by atoms with E-state index in [1.54, 1.807) is 0 Å². The minimum atomic E-state index is 0.605. The van der Waals surface area contributed by atoms with Crippen LogP contribution in [0, 0.1) is 6.42 Å². The Bertz CT molecular complexity index is 554. The van der Waals surface area contributed by atoms with Gasteiger partial charge in [-0.2, -0.15) is 0 Å². The van der Waals surface area contributed by atoms with E-state index in [4.69, 9.17) is 23.2 Å². The molecule has 0 aliphatic heterocycles. The first-order chi connectivity index (χ1) is 8.74. The van der Waals surface area contributed by atoms with Gasteiger partial charge >= 0.3 is 0 Å². The maximum absolute atomic E-state index is 6.29. The van der Waals surface area contributed by atoms with Crippen molar-refractivity contribution in [3.8, 4) is 11.1 Å². The molecule has 0 heterocycles. The summed E-state index contributed by atoms with van der Waals surface area (Å²) >= 11 is 12.2. The van der Waals surface area contributed by atoms with Crippen LogP contribution < -0.4 is 0 Å². The van der Waals surface area contributed by atoms with Crippen molar-refractivity contribution < 1.29 is 0 Å². The van der Waals surface area contributed by atoms with Gasteiger partial charge in [0.1, 0.15) is 0 Å². The lowest BCUT2D eigenvalue weighted by atomic mass is 9.79. The minimum Gasteiger partial charge on any atom is -0.0843 e. The molecule has 1 aliphatic carbocycles. The number of hydrogen-bond acceptors (Lipinski definition) is 0. The third-order valence-corrected chi connectivity index (χ3v) is 4.08. The average Bonchev–Trinajstić information content (AvgIpc) is 2.31. The van der Waals surface area contributed by atoms with E-state index in [2.05, 4.69) is 18.6 Å². The van der Waals surface area contributed by atoms with Crippen molar-refractivity contribution >= 4 is 23.2 Å². The predicted molar refractivity (Wildman–Crippen MR) is 78.2 cm³/mol. The van der Waals surface area contributed by atoms with Gasteiger partial charge < -0.3 is 0 Å². The van der Waals surface area contributed by atoms with Crippen LogP contribution in [-0.2, 0) is 0 Å². The van der Waals surface area contributed by atoms with Gasteiger partial charge in [-0.05, 0) is 60.6 Å². The third kappa shape index (κ3) is 2.28. The van der Waals surface area contributed by atoms with Gasteiger partial charge in [0.05, 0.1) is 0 Å². The number of benzene rings is 2. The molecule has 18 heavy (non-hydrogen) atoms. The van der Waals surface area contributed by atoms with E-state index in [1.165, 1.54) is 18.4 Å². The summed E-state index contributed by atoms with van der Waals surface area (Å²) in [7, 11) is 0. The second-order valence-electron chi connectivity index (χ2n) is 4.67. The zero-order valence-electron chi connectivity index (χ0n) is 9.87. The standard InChI is InChI=1S/C16H13Cl2/c17-14-7-4-12(5-8-14)15-10-13(6-9-16(15)18)11-2-1-3-11/h2,4-11H,1,3H2. The summed E-state index contributed by atoms with van der Waals surface area (Å²) in [5, 5.41) is 1.54. The molecule has 0 aromatic heterocycles. The van der Waals surface area contributed by atoms with E-state index in [1.807, 2.05) is 30.3 Å². The summed E-state index contributed by atoms with van der Waals surface area (Å²) in [6.07, 6.45) is 4.83. The highest BCUT2D eigenvalue weighted by Gasteiger charge is 2.20. The van der Waals surface area contributed by atoms with Gasteiger partial charge in [0.15, 0.2) is 0 Å². The van der Waals surface area contributed by atoms with E-state index in [0.29, 0.717) is 5.92 Å². The van der Waals surface area contributed by atoms with Gasteiger partial charge in [0, 0.05) is 15.6 Å². The molecule has 1 atom stereocenters. The highest BCUT2D eigenvalue weighted by Crippen LogP contribution is 2.38. The van der Waals surface area contributed by atoms with Gasteiger partial charge in [-0.3, -0.25) is 0 Å². The van der Waals surface area contributed by atoms with Gasteiger partial charge in [-0.1, -0.05) is 41.4 Å². The maximum atomic E-state index is 6.29. The monoisotopic (exact) mass is 275 g/mol. The number of hydrogen-bond donors (Lipinski definition) is 0. The Kier molecular flexibility index (Phi) is 3.32. The van der Waals surface area contributed by atoms with Gasteiger partial charge in [-0.25, -0.2) is 0 Å². The highest BCUT2D eigenvalue weighted by atomic mass is 35.5. The summed E-state index contributed by atoms with van der Waals surface area (Å²) in [4.78, 5) is 0. The second-order valence-corrected chi connectivity index (χ2v) is 5.51. The van der Waals surface area contributed by atoms with Gasteiger partial charge in [0.2, 0.25) is 0 Å². The largest absolute Gasteiger partial charge is 0.0843 e. The Morgan fingerprint density at radius 1 is 0.944 bits per heavy atom. The fourth-order valence-corrected chi connectivity index (χ4v) is 2.61. The Hall–Kier alpha value is -0.980.